The number of methoxy groups -OCH3 is 2. The SMILES string of the molecule is CCCCCC=CCCCCCCCCCCCCC(=O)OC1CCC2(CO2)C(C2(CC(C)CCCCC=CCCCCCCCCC=CCC(=O)OC3CCC4(CO4)C(C4(C)OC4CC=C(C)C)C3OC)OC2CC=C(C)C)C1OC. The van der Waals surface area contributed by atoms with Gasteiger partial charge in [0, 0.05) is 20.6 Å². The summed E-state index contributed by atoms with van der Waals surface area (Å²) < 4.78 is 50.5. The number of hydrogen-bond acceptors (Lipinski definition) is 10. The number of ether oxygens (including phenoxy) is 8. The van der Waals surface area contributed by atoms with Gasteiger partial charge in [0.15, 0.2) is 0 Å². The molecule has 0 aromatic carbocycles. The molecule has 0 N–H and O–H groups in total. The fourth-order valence-electron chi connectivity index (χ4n) is 14.6. The van der Waals surface area contributed by atoms with Gasteiger partial charge in [-0.2, -0.15) is 0 Å². The molecular weight excluding hydrogens is 1020 g/mol. The van der Waals surface area contributed by atoms with Crippen LogP contribution in [-0.2, 0) is 47.5 Å². The maximum atomic E-state index is 13.4. The number of carbonyl (C=O) groups excluding carboxylic acids is 2. The van der Waals surface area contributed by atoms with E-state index >= 15 is 0 Å². The number of allylic oxidation sites excluding steroid dienone is 7. The number of carbonyl (C=O) groups is 2. The maximum absolute atomic E-state index is 13.4. The number of unbranched alkanes of at least 4 members (excludes halogenated alkanes) is 22. The Morgan fingerprint density at radius 1 is 0.537 bits per heavy atom. The average Bonchev–Trinajstić information content (AvgIpc) is 1.70. The van der Waals surface area contributed by atoms with Crippen LogP contribution >= 0.6 is 0 Å². The van der Waals surface area contributed by atoms with E-state index in [9.17, 15) is 9.59 Å². The molecule has 13 atom stereocenters. The van der Waals surface area contributed by atoms with Gasteiger partial charge in [-0.3, -0.25) is 9.59 Å². The standard InChI is InChI=1S/C72H120O10/c1-10-11-12-13-14-15-16-17-18-19-22-25-28-32-35-38-41-44-64(74)80-60-50-52-71(55-78-71)68(66(60)76-9)72(62(82-72)48-46-57(4)5)53-58(6)42-39-36-33-30-27-24-21-20-23-26-29-31-34-37-40-43-63(73)79-59-49-51-70(54-77-70)67(65(59)75-8)69(7)61(81-69)47-45-56(2)3/h14-15,27,30,37,40,45-46,58-62,65-68H,10-13,16-26,28-29,31-36,38-39,41-44,47-55H2,1-9H3. The van der Waals surface area contributed by atoms with E-state index in [1.807, 2.05) is 6.08 Å². The summed E-state index contributed by atoms with van der Waals surface area (Å²) >= 11 is 0. The van der Waals surface area contributed by atoms with Crippen LogP contribution in [0.5, 0.6) is 0 Å². The first kappa shape index (κ1) is 68.5. The largest absolute Gasteiger partial charge is 0.460 e. The van der Waals surface area contributed by atoms with Crippen molar-refractivity contribution < 1.29 is 47.5 Å². The second-order valence-corrected chi connectivity index (χ2v) is 27.1. The molecule has 468 valence electrons. The average molecular weight is 1150 g/mol. The van der Waals surface area contributed by atoms with Crippen LogP contribution in [0.4, 0.5) is 0 Å². The third kappa shape index (κ3) is 22.0. The predicted molar refractivity (Wildman–Crippen MR) is 334 cm³/mol. The van der Waals surface area contributed by atoms with E-state index in [0.29, 0.717) is 18.8 Å². The third-order valence-corrected chi connectivity index (χ3v) is 19.6. The topological polar surface area (TPSA) is 121 Å². The molecule has 2 aliphatic carbocycles. The molecule has 0 radical (unpaired) electrons. The van der Waals surface area contributed by atoms with E-state index in [-0.39, 0.29) is 82.8 Å². The minimum Gasteiger partial charge on any atom is -0.460 e. The molecule has 4 heterocycles. The predicted octanol–water partition coefficient (Wildman–Crippen LogP) is 18.2. The zero-order valence-electron chi connectivity index (χ0n) is 53.8. The summed E-state index contributed by atoms with van der Waals surface area (Å²) in [6, 6.07) is 0. The Bertz CT molecular complexity index is 1990. The molecule has 10 heteroatoms. The third-order valence-electron chi connectivity index (χ3n) is 19.6. The van der Waals surface area contributed by atoms with E-state index in [2.05, 4.69) is 91.0 Å². The van der Waals surface area contributed by atoms with Crippen molar-refractivity contribution in [2.24, 2.45) is 17.8 Å². The van der Waals surface area contributed by atoms with E-state index < -0.39 is 0 Å². The van der Waals surface area contributed by atoms with Crippen molar-refractivity contribution in [1.29, 1.82) is 0 Å². The fraction of sp³-hybridized carbons (Fsp3) is 0.833. The molecule has 0 aromatic rings. The molecule has 13 unspecified atom stereocenters. The van der Waals surface area contributed by atoms with Gasteiger partial charge in [-0.05, 0) is 156 Å². The highest BCUT2D eigenvalue weighted by Crippen LogP contribution is 2.63. The minimum atomic E-state index is -0.334. The highest BCUT2D eigenvalue weighted by atomic mass is 16.6. The summed E-state index contributed by atoms with van der Waals surface area (Å²) in [4.78, 5) is 26.3. The number of esters is 2. The molecule has 6 rings (SSSR count). The van der Waals surface area contributed by atoms with Crippen molar-refractivity contribution in [1.82, 2.24) is 0 Å². The van der Waals surface area contributed by atoms with Crippen molar-refractivity contribution in [2.75, 3.05) is 27.4 Å². The van der Waals surface area contributed by atoms with Crippen molar-refractivity contribution >= 4 is 11.9 Å². The van der Waals surface area contributed by atoms with Gasteiger partial charge in [0.1, 0.15) is 46.8 Å². The summed E-state index contributed by atoms with van der Waals surface area (Å²) in [5.41, 5.74) is 1.48. The number of hydrogen-bond donors (Lipinski definition) is 0. The lowest BCUT2D eigenvalue weighted by atomic mass is 9.65. The Balaban J connectivity index is 0.790. The Morgan fingerprint density at radius 2 is 0.963 bits per heavy atom. The first-order valence-corrected chi connectivity index (χ1v) is 34.1. The van der Waals surface area contributed by atoms with Crippen molar-refractivity contribution in [3.63, 3.8) is 0 Å². The van der Waals surface area contributed by atoms with Crippen LogP contribution in [0.2, 0.25) is 0 Å². The van der Waals surface area contributed by atoms with Gasteiger partial charge in [0.2, 0.25) is 0 Å². The Labute approximate surface area is 500 Å². The zero-order valence-corrected chi connectivity index (χ0v) is 53.8. The molecular formula is C72H120O10. The number of epoxide rings is 4. The van der Waals surface area contributed by atoms with Gasteiger partial charge in [0.25, 0.3) is 0 Å². The lowest BCUT2D eigenvalue weighted by Crippen LogP contribution is -2.56. The fourth-order valence-corrected chi connectivity index (χ4v) is 14.6. The van der Waals surface area contributed by atoms with Crippen LogP contribution in [0, 0.1) is 17.8 Å². The monoisotopic (exact) mass is 1140 g/mol. The molecule has 4 aliphatic heterocycles. The first-order valence-electron chi connectivity index (χ1n) is 34.1. The normalized spacial score (nSPS) is 31.3. The summed E-state index contributed by atoms with van der Waals surface area (Å²) in [6.07, 6.45) is 57.6. The second kappa shape index (κ2) is 35.9. The lowest BCUT2D eigenvalue weighted by Gasteiger charge is -2.44. The smallest absolute Gasteiger partial charge is 0.309 e. The van der Waals surface area contributed by atoms with E-state index in [4.69, 9.17) is 37.9 Å². The number of rotatable bonds is 45. The molecule has 0 amide bonds. The maximum Gasteiger partial charge on any atom is 0.309 e. The quantitative estimate of drug-likeness (QED) is 0.0252. The van der Waals surface area contributed by atoms with Crippen LogP contribution in [0.15, 0.2) is 59.8 Å². The summed E-state index contributed by atoms with van der Waals surface area (Å²) in [6.45, 7) is 16.9. The van der Waals surface area contributed by atoms with Gasteiger partial charge in [-0.15, -0.1) is 0 Å². The van der Waals surface area contributed by atoms with Gasteiger partial charge in [-0.1, -0.05) is 176 Å². The molecule has 82 heavy (non-hydrogen) atoms. The van der Waals surface area contributed by atoms with Gasteiger partial charge < -0.3 is 37.9 Å². The summed E-state index contributed by atoms with van der Waals surface area (Å²) in [5.74, 6) is 0.321. The molecule has 6 fully saturated rings. The Morgan fingerprint density at radius 3 is 1.45 bits per heavy atom. The van der Waals surface area contributed by atoms with Crippen LogP contribution in [-0.4, -0.2) is 98.4 Å². The van der Waals surface area contributed by atoms with Gasteiger partial charge in [-0.25, -0.2) is 0 Å². The van der Waals surface area contributed by atoms with Crippen LogP contribution in [0.25, 0.3) is 0 Å². The molecule has 6 aliphatic rings. The lowest BCUT2D eigenvalue weighted by molar-refractivity contribution is -0.173. The van der Waals surface area contributed by atoms with Crippen LogP contribution in [0.1, 0.15) is 280 Å². The molecule has 10 nitrogen and oxygen atoms in total. The van der Waals surface area contributed by atoms with Crippen LogP contribution in [0.3, 0.4) is 0 Å². The van der Waals surface area contributed by atoms with Crippen molar-refractivity contribution in [3.8, 4) is 0 Å². The summed E-state index contributed by atoms with van der Waals surface area (Å²) in [5, 5.41) is 0. The minimum absolute atomic E-state index is 0.0395. The molecule has 0 aromatic heterocycles. The Kier molecular flexibility index (Phi) is 30.0. The van der Waals surface area contributed by atoms with Gasteiger partial charge in [0.05, 0.1) is 43.7 Å². The molecule has 4 saturated heterocycles. The van der Waals surface area contributed by atoms with E-state index in [0.717, 1.165) is 96.7 Å². The van der Waals surface area contributed by atoms with Crippen molar-refractivity contribution in [3.05, 3.63) is 59.8 Å². The summed E-state index contributed by atoms with van der Waals surface area (Å²) in [7, 11) is 3.53. The molecule has 0 bridgehead atoms. The van der Waals surface area contributed by atoms with E-state index in [1.54, 1.807) is 14.2 Å². The molecule has 2 saturated carbocycles. The Hall–Kier alpha value is -2.60. The van der Waals surface area contributed by atoms with Crippen molar-refractivity contribution in [2.45, 2.75) is 339 Å². The van der Waals surface area contributed by atoms with E-state index in [1.165, 1.54) is 146 Å². The highest BCUT2D eigenvalue weighted by Gasteiger charge is 2.74. The molecule has 2 spiro atoms. The zero-order chi connectivity index (χ0) is 58.7. The van der Waals surface area contributed by atoms with Crippen LogP contribution < -0.4 is 0 Å². The van der Waals surface area contributed by atoms with Gasteiger partial charge >= 0.3 is 11.9 Å². The highest BCUT2D eigenvalue weighted by molar-refractivity contribution is 5.71. The first-order chi connectivity index (χ1) is 39.8. The second-order valence-electron chi connectivity index (χ2n) is 27.1.